The van der Waals surface area contributed by atoms with Crippen LogP contribution in [0.4, 0.5) is 0 Å². The monoisotopic (exact) mass is 305 g/mol. The van der Waals surface area contributed by atoms with Crippen LogP contribution in [0, 0.1) is 0 Å². The lowest BCUT2D eigenvalue weighted by molar-refractivity contribution is 0.0988. The summed E-state index contributed by atoms with van der Waals surface area (Å²) in [5, 5.41) is 0.0811. The molecule has 0 amide bonds. The maximum atomic E-state index is 12.0. The Morgan fingerprint density at radius 2 is 2.11 bits per heavy atom. The molecule has 0 unspecified atom stereocenters. The molecule has 5 nitrogen and oxygen atoms in total. The number of hydrogen-bond acceptors (Lipinski definition) is 4. The van der Waals surface area contributed by atoms with Crippen LogP contribution < -0.4 is 4.72 Å². The number of methoxy groups -OCH3 is 1. The smallest absolute Gasteiger partial charge is 0.242 e. The Balaban J connectivity index is 3.07. The second-order valence-electron chi connectivity index (χ2n) is 3.81. The van der Waals surface area contributed by atoms with Crippen molar-refractivity contribution in [2.75, 3.05) is 20.3 Å². The van der Waals surface area contributed by atoms with Gasteiger partial charge in [-0.2, -0.15) is 0 Å². The lowest BCUT2D eigenvalue weighted by Crippen LogP contribution is -2.27. The normalized spacial score (nSPS) is 11.5. The predicted molar refractivity (Wildman–Crippen MR) is 73.1 cm³/mol. The highest BCUT2D eigenvalue weighted by molar-refractivity contribution is 7.89. The molecule has 0 aliphatic carbocycles. The molecule has 106 valence electrons. The summed E-state index contributed by atoms with van der Waals surface area (Å²) in [6.45, 7) is 2.10. The number of sulfonamides is 1. The predicted octanol–water partition coefficient (Wildman–Crippen LogP) is 1.86. The first kappa shape index (κ1) is 16.1. The lowest BCUT2D eigenvalue weighted by atomic mass is 10.1. The molecule has 0 heterocycles. The SMILES string of the molecule is CCC(=O)c1ccc(Cl)c(S(=O)(=O)NCCOC)c1. The minimum Gasteiger partial charge on any atom is -0.383 e. The highest BCUT2D eigenvalue weighted by Gasteiger charge is 2.19. The van der Waals surface area contributed by atoms with E-state index in [9.17, 15) is 13.2 Å². The molecule has 0 aliphatic rings. The van der Waals surface area contributed by atoms with Gasteiger partial charge in [-0.3, -0.25) is 4.79 Å². The molecule has 0 saturated carbocycles. The van der Waals surface area contributed by atoms with Crippen molar-refractivity contribution in [3.05, 3.63) is 28.8 Å². The topological polar surface area (TPSA) is 72.5 Å². The molecule has 19 heavy (non-hydrogen) atoms. The number of ketones is 1. The summed E-state index contributed by atoms with van der Waals surface area (Å²) in [7, 11) is -2.27. The molecule has 7 heteroatoms. The Hall–Kier alpha value is -0.950. The highest BCUT2D eigenvalue weighted by Crippen LogP contribution is 2.23. The number of hydrogen-bond donors (Lipinski definition) is 1. The number of halogens is 1. The maximum absolute atomic E-state index is 12.0. The van der Waals surface area contributed by atoms with Gasteiger partial charge in [0.05, 0.1) is 11.6 Å². The third-order valence-electron chi connectivity index (χ3n) is 2.46. The molecule has 0 aromatic heterocycles. The minimum atomic E-state index is -3.74. The van der Waals surface area contributed by atoms with Crippen LogP contribution in [0.15, 0.2) is 23.1 Å². The number of Topliss-reactive ketones (excluding diaryl/α,β-unsaturated/α-hetero) is 1. The van der Waals surface area contributed by atoms with Crippen molar-refractivity contribution in [1.82, 2.24) is 4.72 Å². The Morgan fingerprint density at radius 1 is 1.42 bits per heavy atom. The molecule has 0 radical (unpaired) electrons. The van der Waals surface area contributed by atoms with Crippen molar-refractivity contribution >= 4 is 27.4 Å². The minimum absolute atomic E-state index is 0.0811. The summed E-state index contributed by atoms with van der Waals surface area (Å²) in [5.74, 6) is -0.134. The van der Waals surface area contributed by atoms with Crippen LogP contribution >= 0.6 is 11.6 Å². The van der Waals surface area contributed by atoms with Gasteiger partial charge < -0.3 is 4.74 Å². The van der Waals surface area contributed by atoms with Gasteiger partial charge in [0.2, 0.25) is 10.0 Å². The van der Waals surface area contributed by atoms with Crippen LogP contribution in [-0.2, 0) is 14.8 Å². The Morgan fingerprint density at radius 3 is 2.68 bits per heavy atom. The maximum Gasteiger partial charge on any atom is 0.242 e. The van der Waals surface area contributed by atoms with Gasteiger partial charge in [0.25, 0.3) is 0 Å². The van der Waals surface area contributed by atoms with Crippen molar-refractivity contribution in [2.45, 2.75) is 18.2 Å². The number of nitrogens with one attached hydrogen (secondary N) is 1. The quantitative estimate of drug-likeness (QED) is 0.616. The first-order valence-corrected chi connectivity index (χ1v) is 7.59. The molecule has 1 rings (SSSR count). The molecule has 0 bridgehead atoms. The third-order valence-corrected chi connectivity index (χ3v) is 4.40. The van der Waals surface area contributed by atoms with Crippen LogP contribution in [0.25, 0.3) is 0 Å². The summed E-state index contributed by atoms with van der Waals surface area (Å²) < 4.78 is 31.2. The average molecular weight is 306 g/mol. The number of carbonyl (C=O) groups is 1. The van der Waals surface area contributed by atoms with Gasteiger partial charge in [0, 0.05) is 25.6 Å². The highest BCUT2D eigenvalue weighted by atomic mass is 35.5. The van der Waals surface area contributed by atoms with Crippen molar-refractivity contribution < 1.29 is 17.9 Å². The van der Waals surface area contributed by atoms with Crippen LogP contribution in [-0.4, -0.2) is 34.5 Å². The fourth-order valence-electron chi connectivity index (χ4n) is 1.44. The molecule has 0 aliphatic heterocycles. The zero-order valence-electron chi connectivity index (χ0n) is 10.8. The van der Waals surface area contributed by atoms with Crippen LogP contribution in [0.5, 0.6) is 0 Å². The summed E-state index contributed by atoms with van der Waals surface area (Å²) >= 11 is 5.88. The Kier molecular flexibility index (Phi) is 5.93. The fourth-order valence-corrected chi connectivity index (χ4v) is 2.98. The zero-order chi connectivity index (χ0) is 14.5. The Bertz CT molecular complexity index is 557. The van der Waals surface area contributed by atoms with Crippen molar-refractivity contribution in [3.8, 4) is 0 Å². The van der Waals surface area contributed by atoms with Crippen molar-refractivity contribution in [2.24, 2.45) is 0 Å². The fraction of sp³-hybridized carbons (Fsp3) is 0.417. The summed E-state index contributed by atoms with van der Waals surface area (Å²) in [6.07, 6.45) is 0.304. The van der Waals surface area contributed by atoms with Gasteiger partial charge in [0.15, 0.2) is 5.78 Å². The molecule has 1 N–H and O–H groups in total. The molecule has 1 aromatic rings. The van der Waals surface area contributed by atoms with E-state index in [0.29, 0.717) is 12.0 Å². The van der Waals surface area contributed by atoms with Gasteiger partial charge in [-0.1, -0.05) is 18.5 Å². The van der Waals surface area contributed by atoms with E-state index < -0.39 is 10.0 Å². The van der Waals surface area contributed by atoms with Crippen LogP contribution in [0.2, 0.25) is 5.02 Å². The summed E-state index contributed by atoms with van der Waals surface area (Å²) in [6, 6.07) is 4.22. The first-order chi connectivity index (χ1) is 8.92. The molecule has 0 atom stereocenters. The lowest BCUT2D eigenvalue weighted by Gasteiger charge is -2.09. The van der Waals surface area contributed by atoms with Gasteiger partial charge in [-0.25, -0.2) is 13.1 Å². The second kappa shape index (κ2) is 7.00. The molecule has 0 fully saturated rings. The van der Waals surface area contributed by atoms with Crippen LogP contribution in [0.3, 0.4) is 0 Å². The number of ether oxygens (including phenoxy) is 1. The second-order valence-corrected chi connectivity index (χ2v) is 5.96. The van der Waals surface area contributed by atoms with E-state index in [4.69, 9.17) is 16.3 Å². The van der Waals surface area contributed by atoms with Gasteiger partial charge in [-0.05, 0) is 18.2 Å². The Labute approximate surface area is 118 Å². The van der Waals surface area contributed by atoms with Crippen molar-refractivity contribution in [1.29, 1.82) is 0 Å². The molecular formula is C12H16ClNO4S. The van der Waals surface area contributed by atoms with E-state index in [0.717, 1.165) is 0 Å². The van der Waals surface area contributed by atoms with Gasteiger partial charge in [-0.15, -0.1) is 0 Å². The van der Waals surface area contributed by atoms with Gasteiger partial charge >= 0.3 is 0 Å². The van der Waals surface area contributed by atoms with E-state index in [-0.39, 0.29) is 28.9 Å². The molecular weight excluding hydrogens is 290 g/mol. The number of benzene rings is 1. The largest absolute Gasteiger partial charge is 0.383 e. The third kappa shape index (κ3) is 4.28. The average Bonchev–Trinajstić information content (AvgIpc) is 2.38. The van der Waals surface area contributed by atoms with E-state index in [1.54, 1.807) is 6.92 Å². The van der Waals surface area contributed by atoms with E-state index in [1.807, 2.05) is 0 Å². The summed E-state index contributed by atoms with van der Waals surface area (Å²) in [4.78, 5) is 11.5. The van der Waals surface area contributed by atoms with E-state index >= 15 is 0 Å². The van der Waals surface area contributed by atoms with Gasteiger partial charge in [0.1, 0.15) is 4.90 Å². The molecule has 0 spiro atoms. The van der Waals surface area contributed by atoms with Crippen LogP contribution in [0.1, 0.15) is 23.7 Å². The number of carbonyl (C=O) groups excluding carboxylic acids is 1. The van der Waals surface area contributed by atoms with E-state index in [1.165, 1.54) is 25.3 Å². The van der Waals surface area contributed by atoms with Crippen molar-refractivity contribution in [3.63, 3.8) is 0 Å². The molecule has 0 saturated heterocycles. The van der Waals surface area contributed by atoms with E-state index in [2.05, 4.69) is 4.72 Å². The first-order valence-electron chi connectivity index (χ1n) is 5.73. The zero-order valence-corrected chi connectivity index (χ0v) is 12.3. The molecule has 1 aromatic carbocycles. The standard InChI is InChI=1S/C12H16ClNO4S/c1-3-11(15)9-4-5-10(13)12(8-9)19(16,17)14-6-7-18-2/h4-5,8,14H,3,6-7H2,1-2H3. The number of rotatable bonds is 7. The summed E-state index contributed by atoms with van der Waals surface area (Å²) in [5.41, 5.74) is 0.332.